The molecule has 0 fully saturated rings. The highest BCUT2D eigenvalue weighted by molar-refractivity contribution is 7.74. The van der Waals surface area contributed by atoms with E-state index in [0.717, 1.165) is 6.08 Å². The van der Waals surface area contributed by atoms with Crippen molar-refractivity contribution < 1.29 is 22.5 Å². The highest BCUT2D eigenvalue weighted by Gasteiger charge is 1.92. The van der Waals surface area contributed by atoms with Crippen molar-refractivity contribution in [3.63, 3.8) is 0 Å². The first-order valence-electron chi connectivity index (χ1n) is 2.18. The van der Waals surface area contributed by atoms with E-state index in [2.05, 4.69) is 15.5 Å². The van der Waals surface area contributed by atoms with Gasteiger partial charge in [-0.15, -0.1) is 0 Å². The number of rotatable bonds is 4. The van der Waals surface area contributed by atoms with Crippen LogP contribution in [0.2, 0.25) is 0 Å². The molecular formula is C4H5O5S-. The molecule has 0 amide bonds. The van der Waals surface area contributed by atoms with E-state index in [1.165, 1.54) is 0 Å². The maximum Gasteiger partial charge on any atom is 0.332 e. The lowest BCUT2D eigenvalue weighted by Gasteiger charge is -2.04. The zero-order valence-electron chi connectivity index (χ0n) is 4.94. The summed E-state index contributed by atoms with van der Waals surface area (Å²) in [5.41, 5.74) is 0. The molecule has 0 aliphatic carbocycles. The van der Waals surface area contributed by atoms with Crippen molar-refractivity contribution >= 4 is 17.3 Å². The van der Waals surface area contributed by atoms with E-state index < -0.39 is 24.1 Å². The number of esters is 1. The predicted molar refractivity (Wildman–Crippen MR) is 31.2 cm³/mol. The van der Waals surface area contributed by atoms with Gasteiger partial charge in [-0.2, -0.15) is 0 Å². The maximum atomic E-state index is 10.2. The van der Waals surface area contributed by atoms with Crippen LogP contribution in [0.1, 0.15) is 0 Å². The number of hydrogen-bond donors (Lipinski definition) is 0. The average Bonchev–Trinajstić information content (AvgIpc) is 1.87. The molecule has 0 aromatic heterocycles. The third-order valence-electron chi connectivity index (χ3n) is 0.512. The van der Waals surface area contributed by atoms with Crippen LogP contribution in [-0.4, -0.2) is 21.5 Å². The molecule has 1 unspecified atom stereocenters. The Bertz CT molecular complexity index is 154. The van der Waals surface area contributed by atoms with Crippen LogP contribution >= 0.6 is 0 Å². The predicted octanol–water partition coefficient (Wildman–Crippen LogP) is -0.516. The Morgan fingerprint density at radius 2 is 2.40 bits per heavy atom. The second kappa shape index (κ2) is 5.10. The zero-order chi connectivity index (χ0) is 7.98. The van der Waals surface area contributed by atoms with Gasteiger partial charge in [-0.05, 0) is 0 Å². The summed E-state index contributed by atoms with van der Waals surface area (Å²) in [7, 11) is 0. The van der Waals surface area contributed by atoms with Gasteiger partial charge in [-0.1, -0.05) is 6.58 Å². The van der Waals surface area contributed by atoms with Gasteiger partial charge in [0.1, 0.15) is 0 Å². The summed E-state index contributed by atoms with van der Waals surface area (Å²) in [6.45, 7) is 2.46. The number of hydrogen-bond acceptors (Lipinski definition) is 5. The number of ether oxygens (including phenoxy) is 1. The lowest BCUT2D eigenvalue weighted by atomic mass is 10.7. The molecule has 0 bridgehead atoms. The molecule has 0 aliphatic rings. The van der Waals surface area contributed by atoms with Gasteiger partial charge < -0.3 is 9.29 Å². The Labute approximate surface area is 60.1 Å². The summed E-state index contributed by atoms with van der Waals surface area (Å²) in [4.78, 5) is 10.2. The minimum absolute atomic E-state index is 0.610. The number of carbonyl (C=O) groups is 1. The van der Waals surface area contributed by atoms with Crippen LogP contribution in [0.5, 0.6) is 0 Å². The second-order valence-corrected chi connectivity index (χ2v) is 1.75. The van der Waals surface area contributed by atoms with E-state index in [0.29, 0.717) is 0 Å². The fraction of sp³-hybridized carbons (Fsp3) is 0.250. The van der Waals surface area contributed by atoms with Gasteiger partial charge in [-0.3, -0.25) is 4.18 Å². The van der Waals surface area contributed by atoms with Gasteiger partial charge >= 0.3 is 5.97 Å². The summed E-state index contributed by atoms with van der Waals surface area (Å²) in [6, 6.07) is 0. The second-order valence-electron chi connectivity index (χ2n) is 1.11. The fourth-order valence-corrected chi connectivity index (χ4v) is 0.307. The van der Waals surface area contributed by atoms with Crippen LogP contribution in [-0.2, 0) is 25.1 Å². The minimum Gasteiger partial charge on any atom is -0.750 e. The van der Waals surface area contributed by atoms with Gasteiger partial charge in [0.25, 0.3) is 0 Å². The van der Waals surface area contributed by atoms with E-state index in [9.17, 15) is 13.6 Å². The molecule has 0 spiro atoms. The Morgan fingerprint density at radius 3 is 2.80 bits per heavy atom. The van der Waals surface area contributed by atoms with Crippen LogP contribution in [0.4, 0.5) is 0 Å². The summed E-state index contributed by atoms with van der Waals surface area (Å²) in [5.74, 6) is -0.731. The van der Waals surface area contributed by atoms with Crippen LogP contribution in [0.3, 0.4) is 0 Å². The van der Waals surface area contributed by atoms with E-state index in [1.54, 1.807) is 0 Å². The Hall–Kier alpha value is -0.720. The van der Waals surface area contributed by atoms with Crippen molar-refractivity contribution in [2.75, 3.05) is 6.79 Å². The van der Waals surface area contributed by atoms with Crippen molar-refractivity contribution in [3.05, 3.63) is 12.7 Å². The first kappa shape index (κ1) is 9.28. The largest absolute Gasteiger partial charge is 0.750 e. The molecule has 0 aliphatic heterocycles. The lowest BCUT2D eigenvalue weighted by Crippen LogP contribution is -2.06. The van der Waals surface area contributed by atoms with E-state index in [4.69, 9.17) is 0 Å². The Morgan fingerprint density at radius 1 is 1.80 bits per heavy atom. The third kappa shape index (κ3) is 5.42. The quantitative estimate of drug-likeness (QED) is 0.242. The third-order valence-corrected chi connectivity index (χ3v) is 0.801. The summed E-state index contributed by atoms with van der Waals surface area (Å²) in [5, 5.41) is 0. The van der Waals surface area contributed by atoms with Crippen molar-refractivity contribution in [1.29, 1.82) is 0 Å². The van der Waals surface area contributed by atoms with Crippen LogP contribution in [0.15, 0.2) is 12.7 Å². The van der Waals surface area contributed by atoms with Gasteiger partial charge in [-0.25, -0.2) is 9.00 Å². The van der Waals surface area contributed by atoms with Gasteiger partial charge in [0.05, 0.1) is 11.4 Å². The Balaban J connectivity index is 3.28. The molecule has 0 saturated carbocycles. The summed E-state index contributed by atoms with van der Waals surface area (Å²) < 4.78 is 27.2. The monoisotopic (exact) mass is 165 g/mol. The molecule has 0 radical (unpaired) electrons. The highest BCUT2D eigenvalue weighted by Crippen LogP contribution is 1.82. The fourth-order valence-electron chi connectivity index (χ4n) is 0.180. The molecule has 0 aromatic rings. The molecule has 1 atom stereocenters. The van der Waals surface area contributed by atoms with Crippen LogP contribution in [0.25, 0.3) is 0 Å². The summed E-state index contributed by atoms with van der Waals surface area (Å²) >= 11 is -2.65. The van der Waals surface area contributed by atoms with Crippen molar-refractivity contribution in [1.82, 2.24) is 0 Å². The molecule has 0 aromatic carbocycles. The minimum atomic E-state index is -2.65. The maximum absolute atomic E-state index is 10.2. The lowest BCUT2D eigenvalue weighted by molar-refractivity contribution is -0.143. The normalized spacial score (nSPS) is 12.1. The molecule has 0 rings (SSSR count). The molecule has 0 saturated heterocycles. The molecule has 5 nitrogen and oxygen atoms in total. The van der Waals surface area contributed by atoms with Crippen molar-refractivity contribution in [2.45, 2.75) is 0 Å². The summed E-state index contributed by atoms with van der Waals surface area (Å²) in [6.07, 6.45) is 0.900. The SMILES string of the molecule is C=CC(=O)OCOS(=O)[O-]. The average molecular weight is 165 g/mol. The van der Waals surface area contributed by atoms with Gasteiger partial charge in [0.2, 0.25) is 6.79 Å². The first-order chi connectivity index (χ1) is 4.66. The molecule has 0 heterocycles. The van der Waals surface area contributed by atoms with E-state index >= 15 is 0 Å². The van der Waals surface area contributed by atoms with Gasteiger partial charge in [0, 0.05) is 6.08 Å². The molecular weight excluding hydrogens is 160 g/mol. The zero-order valence-corrected chi connectivity index (χ0v) is 5.76. The smallest absolute Gasteiger partial charge is 0.332 e. The topological polar surface area (TPSA) is 75.7 Å². The first-order valence-corrected chi connectivity index (χ1v) is 3.18. The standard InChI is InChI=1S/C4H6O5S/c1-2-4(5)8-3-9-10(6)7/h2H,1,3H2,(H,6,7)/p-1. The van der Waals surface area contributed by atoms with Crippen molar-refractivity contribution in [3.8, 4) is 0 Å². The molecule has 58 valence electrons. The number of carbonyl (C=O) groups excluding carboxylic acids is 1. The molecule has 6 heteroatoms. The molecule has 0 N–H and O–H groups in total. The van der Waals surface area contributed by atoms with E-state index in [-0.39, 0.29) is 0 Å². The van der Waals surface area contributed by atoms with Crippen molar-refractivity contribution in [2.24, 2.45) is 0 Å². The Kier molecular flexibility index (Phi) is 4.73. The van der Waals surface area contributed by atoms with Gasteiger partial charge in [0.15, 0.2) is 0 Å². The van der Waals surface area contributed by atoms with Crippen LogP contribution in [0, 0.1) is 0 Å². The van der Waals surface area contributed by atoms with Crippen LogP contribution < -0.4 is 0 Å². The molecule has 10 heavy (non-hydrogen) atoms. The van der Waals surface area contributed by atoms with E-state index in [1.807, 2.05) is 0 Å². The highest BCUT2D eigenvalue weighted by atomic mass is 32.2.